The minimum absolute atomic E-state index is 0.207. The SMILES string of the molecule is CCC/C=C(\F)Cn1c(=O)c2cnc(Nc3ccc(N4CCN(C)CC4)cc3)nc2n1-c1cccc(C)n1. The first-order valence-electron chi connectivity index (χ1n) is 13.0. The number of rotatable bonds is 8. The third-order valence-electron chi connectivity index (χ3n) is 6.71. The summed E-state index contributed by atoms with van der Waals surface area (Å²) in [6.45, 7) is 7.73. The molecule has 1 saturated heterocycles. The van der Waals surface area contributed by atoms with E-state index >= 15 is 0 Å². The van der Waals surface area contributed by atoms with Crippen molar-refractivity contribution >= 4 is 28.4 Å². The second-order valence-corrected chi connectivity index (χ2v) is 9.64. The van der Waals surface area contributed by atoms with E-state index in [2.05, 4.69) is 49.2 Å². The highest BCUT2D eigenvalue weighted by atomic mass is 19.1. The molecule has 1 aliphatic rings. The Bertz CT molecular complexity index is 1500. The van der Waals surface area contributed by atoms with Gasteiger partial charge in [-0.3, -0.25) is 4.79 Å². The molecule has 0 amide bonds. The van der Waals surface area contributed by atoms with Gasteiger partial charge in [0.2, 0.25) is 5.95 Å². The molecular formula is C28H33FN8O. The second kappa shape index (κ2) is 11.1. The van der Waals surface area contributed by atoms with Gasteiger partial charge >= 0.3 is 0 Å². The van der Waals surface area contributed by atoms with Crippen molar-refractivity contribution < 1.29 is 4.39 Å². The summed E-state index contributed by atoms with van der Waals surface area (Å²) in [5, 5.41) is 3.54. The lowest BCUT2D eigenvalue weighted by atomic mass is 10.2. The molecule has 4 heterocycles. The largest absolute Gasteiger partial charge is 0.369 e. The number of nitrogens with zero attached hydrogens (tertiary/aromatic N) is 7. The molecule has 0 bridgehead atoms. The standard InChI is InChI=1S/C28H33FN8O/c1-4-5-8-21(29)19-36-27(38)24-18-30-28(33-26(24)37(36)25-9-6-7-20(2)31-25)32-22-10-12-23(13-11-22)35-16-14-34(3)15-17-35/h6-13,18H,4-5,14-17,19H2,1-3H3,(H,30,32,33)/b21-8-. The topological polar surface area (TPSA) is 84.1 Å². The van der Waals surface area contributed by atoms with Crippen LogP contribution in [0, 0.1) is 6.92 Å². The van der Waals surface area contributed by atoms with Gasteiger partial charge in [0.15, 0.2) is 11.5 Å². The van der Waals surface area contributed by atoms with Crippen molar-refractivity contribution in [1.82, 2.24) is 29.2 Å². The van der Waals surface area contributed by atoms with Crippen LogP contribution >= 0.6 is 0 Å². The van der Waals surface area contributed by atoms with Gasteiger partial charge in [0.05, 0.1) is 6.54 Å². The Morgan fingerprint density at radius 1 is 1.08 bits per heavy atom. The lowest BCUT2D eigenvalue weighted by Crippen LogP contribution is -2.44. The molecule has 1 N–H and O–H groups in total. The van der Waals surface area contributed by atoms with E-state index in [1.807, 2.05) is 38.1 Å². The monoisotopic (exact) mass is 516 g/mol. The molecule has 9 nitrogen and oxygen atoms in total. The summed E-state index contributed by atoms with van der Waals surface area (Å²) in [6, 6.07) is 13.7. The molecule has 3 aromatic heterocycles. The van der Waals surface area contributed by atoms with Crippen LogP contribution in [0.5, 0.6) is 0 Å². The molecule has 1 aromatic carbocycles. The number of piperazine rings is 1. The normalized spacial score (nSPS) is 14.8. The van der Waals surface area contributed by atoms with Gasteiger partial charge in [-0.05, 0) is 56.8 Å². The molecule has 0 spiro atoms. The van der Waals surface area contributed by atoms with E-state index in [1.165, 1.54) is 22.6 Å². The van der Waals surface area contributed by atoms with Crippen LogP contribution in [0.1, 0.15) is 25.5 Å². The number of aryl methyl sites for hydroxylation is 1. The molecule has 0 aliphatic carbocycles. The molecule has 38 heavy (non-hydrogen) atoms. The maximum absolute atomic E-state index is 14.7. The van der Waals surface area contributed by atoms with Crippen molar-refractivity contribution in [3.63, 3.8) is 0 Å². The molecule has 1 aliphatic heterocycles. The maximum Gasteiger partial charge on any atom is 0.278 e. The second-order valence-electron chi connectivity index (χ2n) is 9.64. The number of halogens is 1. The Kier molecular flexibility index (Phi) is 7.50. The number of pyridine rings is 1. The number of fused-ring (bicyclic) bond motifs is 1. The van der Waals surface area contributed by atoms with Crippen LogP contribution in [0.2, 0.25) is 0 Å². The number of hydrogen-bond donors (Lipinski definition) is 1. The Hall–Kier alpha value is -4.05. The van der Waals surface area contributed by atoms with Crippen LogP contribution in [0.15, 0.2) is 65.4 Å². The van der Waals surface area contributed by atoms with Crippen LogP contribution in [0.3, 0.4) is 0 Å². The number of benzene rings is 1. The molecule has 5 rings (SSSR count). The van der Waals surface area contributed by atoms with Crippen LogP contribution in [-0.2, 0) is 6.54 Å². The Balaban J connectivity index is 1.48. The predicted molar refractivity (Wildman–Crippen MR) is 149 cm³/mol. The van der Waals surface area contributed by atoms with Crippen molar-refractivity contribution in [2.75, 3.05) is 43.4 Å². The molecule has 0 atom stereocenters. The Morgan fingerprint density at radius 2 is 1.84 bits per heavy atom. The summed E-state index contributed by atoms with van der Waals surface area (Å²) >= 11 is 0. The summed E-state index contributed by atoms with van der Waals surface area (Å²) in [6.07, 6.45) is 4.43. The van der Waals surface area contributed by atoms with Gasteiger partial charge in [0, 0.05) is 49.4 Å². The van der Waals surface area contributed by atoms with Crippen molar-refractivity contribution in [2.45, 2.75) is 33.2 Å². The highest BCUT2D eigenvalue weighted by Gasteiger charge is 2.20. The minimum atomic E-state index is -0.377. The Labute approximate surface area is 221 Å². The fraction of sp³-hybridized carbons (Fsp3) is 0.357. The quantitative estimate of drug-likeness (QED) is 0.371. The van der Waals surface area contributed by atoms with Crippen LogP contribution in [0.4, 0.5) is 21.7 Å². The zero-order valence-corrected chi connectivity index (χ0v) is 22.1. The first-order chi connectivity index (χ1) is 18.4. The first-order valence-corrected chi connectivity index (χ1v) is 13.0. The van der Waals surface area contributed by atoms with Crippen molar-refractivity contribution in [3.05, 3.63) is 76.6 Å². The summed E-state index contributed by atoms with van der Waals surface area (Å²) in [4.78, 5) is 31.6. The summed E-state index contributed by atoms with van der Waals surface area (Å²) in [5.41, 5.74) is 2.78. The van der Waals surface area contributed by atoms with Gasteiger partial charge in [-0.15, -0.1) is 0 Å². The lowest BCUT2D eigenvalue weighted by molar-refractivity contribution is 0.313. The Morgan fingerprint density at radius 3 is 2.55 bits per heavy atom. The van der Waals surface area contributed by atoms with Gasteiger partial charge in [-0.25, -0.2) is 23.7 Å². The van der Waals surface area contributed by atoms with Crippen LogP contribution in [0.25, 0.3) is 16.9 Å². The van der Waals surface area contributed by atoms with Gasteiger partial charge in [-0.2, -0.15) is 4.98 Å². The van der Waals surface area contributed by atoms with Crippen molar-refractivity contribution in [2.24, 2.45) is 0 Å². The molecule has 10 heteroatoms. The van der Waals surface area contributed by atoms with Gasteiger partial charge in [-0.1, -0.05) is 25.5 Å². The van der Waals surface area contributed by atoms with E-state index in [-0.39, 0.29) is 17.9 Å². The van der Waals surface area contributed by atoms with Crippen molar-refractivity contribution in [1.29, 1.82) is 0 Å². The molecule has 198 valence electrons. The van der Waals surface area contributed by atoms with Crippen LogP contribution in [-0.4, -0.2) is 62.4 Å². The van der Waals surface area contributed by atoms with E-state index in [0.29, 0.717) is 29.2 Å². The number of unbranched alkanes of at least 4 members (excludes halogenated alkanes) is 1. The molecular weight excluding hydrogens is 483 g/mol. The first kappa shape index (κ1) is 25.6. The molecule has 0 unspecified atom stereocenters. The lowest BCUT2D eigenvalue weighted by Gasteiger charge is -2.34. The smallest absolute Gasteiger partial charge is 0.278 e. The predicted octanol–water partition coefficient (Wildman–Crippen LogP) is 4.43. The van der Waals surface area contributed by atoms with E-state index in [1.54, 1.807) is 10.7 Å². The van der Waals surface area contributed by atoms with E-state index in [4.69, 9.17) is 0 Å². The molecule has 0 radical (unpaired) electrons. The van der Waals surface area contributed by atoms with Gasteiger partial charge < -0.3 is 15.1 Å². The zero-order chi connectivity index (χ0) is 26.6. The van der Waals surface area contributed by atoms with E-state index < -0.39 is 0 Å². The third-order valence-corrected chi connectivity index (χ3v) is 6.71. The molecule has 4 aromatic rings. The highest BCUT2D eigenvalue weighted by Crippen LogP contribution is 2.22. The summed E-state index contributed by atoms with van der Waals surface area (Å²) in [7, 11) is 2.14. The maximum atomic E-state index is 14.7. The van der Waals surface area contributed by atoms with E-state index in [0.717, 1.165) is 44.0 Å². The summed E-state index contributed by atoms with van der Waals surface area (Å²) < 4.78 is 17.6. The van der Waals surface area contributed by atoms with E-state index in [9.17, 15) is 9.18 Å². The fourth-order valence-corrected chi connectivity index (χ4v) is 4.57. The fourth-order valence-electron chi connectivity index (χ4n) is 4.57. The van der Waals surface area contributed by atoms with Crippen molar-refractivity contribution in [3.8, 4) is 5.82 Å². The number of aromatic nitrogens is 5. The summed E-state index contributed by atoms with van der Waals surface area (Å²) in [5.74, 6) is 0.448. The highest BCUT2D eigenvalue weighted by molar-refractivity contribution is 5.77. The van der Waals surface area contributed by atoms with Crippen LogP contribution < -0.4 is 15.8 Å². The third kappa shape index (κ3) is 5.45. The van der Waals surface area contributed by atoms with Gasteiger partial charge in [0.1, 0.15) is 11.2 Å². The number of allylic oxidation sites excluding steroid dienone is 2. The minimum Gasteiger partial charge on any atom is -0.369 e. The van der Waals surface area contributed by atoms with Gasteiger partial charge in [0.25, 0.3) is 5.56 Å². The number of hydrogen-bond acceptors (Lipinski definition) is 7. The number of likely N-dealkylation sites (N-methyl/N-ethyl adjacent to an activating group) is 1. The molecule has 1 fully saturated rings. The zero-order valence-electron chi connectivity index (χ0n) is 22.1. The average Bonchev–Trinajstić information content (AvgIpc) is 3.18. The average molecular weight is 517 g/mol. The molecule has 0 saturated carbocycles. The number of nitrogens with one attached hydrogen (secondary N) is 1. The number of anilines is 3.